The van der Waals surface area contributed by atoms with Crippen molar-refractivity contribution in [2.45, 2.75) is 52.1 Å². The molecule has 1 N–H and O–H groups in total. The van der Waals surface area contributed by atoms with Crippen molar-refractivity contribution in [2.75, 3.05) is 0 Å². The summed E-state index contributed by atoms with van der Waals surface area (Å²) in [7, 11) is 0. The average Bonchev–Trinajstić information content (AvgIpc) is 2.58. The van der Waals surface area contributed by atoms with Gasteiger partial charge in [0.05, 0.1) is 6.10 Å². The third-order valence-corrected chi connectivity index (χ3v) is 3.73. The minimum Gasteiger partial charge on any atom is -0.393 e. The van der Waals surface area contributed by atoms with Crippen LogP contribution in [0.1, 0.15) is 47.4 Å². The zero-order valence-corrected chi connectivity index (χ0v) is 9.88. The largest absolute Gasteiger partial charge is 0.393 e. The molecule has 1 aliphatic rings. The zero-order valence-electron chi connectivity index (χ0n) is 9.88. The van der Waals surface area contributed by atoms with Crippen LogP contribution in [-0.2, 0) is 0 Å². The van der Waals surface area contributed by atoms with E-state index >= 15 is 0 Å². The lowest BCUT2D eigenvalue weighted by Crippen LogP contribution is -2.02. The molecule has 0 spiro atoms. The highest BCUT2D eigenvalue weighted by molar-refractivity contribution is 5.38. The lowest BCUT2D eigenvalue weighted by atomic mass is 9.90. The molecule has 1 saturated carbocycles. The summed E-state index contributed by atoms with van der Waals surface area (Å²) in [5, 5.41) is 9.58. The average molecular weight is 204 g/mol. The van der Waals surface area contributed by atoms with Crippen LogP contribution in [0.2, 0.25) is 0 Å². The van der Waals surface area contributed by atoms with Gasteiger partial charge < -0.3 is 5.11 Å². The van der Waals surface area contributed by atoms with Crippen molar-refractivity contribution in [3.05, 3.63) is 34.4 Å². The first-order chi connectivity index (χ1) is 7.08. The molecule has 1 aliphatic carbocycles. The van der Waals surface area contributed by atoms with E-state index in [1.807, 2.05) is 0 Å². The summed E-state index contributed by atoms with van der Waals surface area (Å²) in [6.07, 6.45) is 2.99. The van der Waals surface area contributed by atoms with Gasteiger partial charge in [0.25, 0.3) is 0 Å². The Bertz CT molecular complexity index is 368. The molecule has 0 radical (unpaired) electrons. The summed E-state index contributed by atoms with van der Waals surface area (Å²) in [6, 6.07) is 4.59. The van der Waals surface area contributed by atoms with Gasteiger partial charge in [0.2, 0.25) is 0 Å². The Balaban J connectivity index is 2.32. The van der Waals surface area contributed by atoms with Crippen LogP contribution in [-0.4, -0.2) is 11.2 Å². The fourth-order valence-corrected chi connectivity index (χ4v) is 2.66. The third kappa shape index (κ3) is 2.07. The molecule has 0 amide bonds. The zero-order chi connectivity index (χ0) is 11.0. The first-order valence-electron chi connectivity index (χ1n) is 5.83. The summed E-state index contributed by atoms with van der Waals surface area (Å²) < 4.78 is 0. The van der Waals surface area contributed by atoms with Gasteiger partial charge in [0.1, 0.15) is 0 Å². The Kier molecular flexibility index (Phi) is 2.83. The minimum atomic E-state index is -0.0731. The first kappa shape index (κ1) is 10.7. The van der Waals surface area contributed by atoms with Gasteiger partial charge in [-0.2, -0.15) is 0 Å². The number of benzene rings is 1. The third-order valence-electron chi connectivity index (χ3n) is 3.73. The van der Waals surface area contributed by atoms with Crippen LogP contribution in [0, 0.1) is 20.8 Å². The van der Waals surface area contributed by atoms with Gasteiger partial charge in [0.15, 0.2) is 0 Å². The Hall–Kier alpha value is -0.820. The molecule has 0 aromatic heterocycles. The molecule has 0 saturated heterocycles. The van der Waals surface area contributed by atoms with Crippen LogP contribution in [0.3, 0.4) is 0 Å². The SMILES string of the molecule is Cc1cc(C)c(C2CCC(O)C2)cc1C. The maximum absolute atomic E-state index is 9.58. The van der Waals surface area contributed by atoms with Crippen LogP contribution in [0.15, 0.2) is 12.1 Å². The monoisotopic (exact) mass is 204 g/mol. The van der Waals surface area contributed by atoms with E-state index in [1.54, 1.807) is 0 Å². The molecule has 1 aromatic rings. The molecule has 2 rings (SSSR count). The van der Waals surface area contributed by atoms with Crippen LogP contribution >= 0.6 is 0 Å². The molecule has 0 aliphatic heterocycles. The number of hydrogen-bond acceptors (Lipinski definition) is 1. The van der Waals surface area contributed by atoms with Gasteiger partial charge >= 0.3 is 0 Å². The summed E-state index contributed by atoms with van der Waals surface area (Å²) >= 11 is 0. The van der Waals surface area contributed by atoms with E-state index in [2.05, 4.69) is 32.9 Å². The summed E-state index contributed by atoms with van der Waals surface area (Å²) in [4.78, 5) is 0. The fourth-order valence-electron chi connectivity index (χ4n) is 2.66. The molecule has 1 heteroatoms. The maximum Gasteiger partial charge on any atom is 0.0546 e. The van der Waals surface area contributed by atoms with Gasteiger partial charge in [0, 0.05) is 0 Å². The van der Waals surface area contributed by atoms with E-state index in [-0.39, 0.29) is 6.10 Å². The second-order valence-corrected chi connectivity index (χ2v) is 4.96. The quantitative estimate of drug-likeness (QED) is 0.744. The van der Waals surface area contributed by atoms with Crippen molar-refractivity contribution in [1.29, 1.82) is 0 Å². The van der Waals surface area contributed by atoms with Crippen LogP contribution in [0.5, 0.6) is 0 Å². The molecule has 82 valence electrons. The van der Waals surface area contributed by atoms with E-state index < -0.39 is 0 Å². The second-order valence-electron chi connectivity index (χ2n) is 4.96. The lowest BCUT2D eigenvalue weighted by molar-refractivity contribution is 0.181. The molecule has 15 heavy (non-hydrogen) atoms. The maximum atomic E-state index is 9.58. The Morgan fingerprint density at radius 2 is 1.67 bits per heavy atom. The number of aliphatic hydroxyl groups is 1. The van der Waals surface area contributed by atoms with Gasteiger partial charge in [-0.3, -0.25) is 0 Å². The summed E-state index contributed by atoms with van der Waals surface area (Å²) in [5.74, 6) is 0.583. The number of rotatable bonds is 1. The van der Waals surface area contributed by atoms with Crippen molar-refractivity contribution in [1.82, 2.24) is 0 Å². The van der Waals surface area contributed by atoms with E-state index in [4.69, 9.17) is 0 Å². The molecule has 1 aromatic carbocycles. The highest BCUT2D eigenvalue weighted by atomic mass is 16.3. The Morgan fingerprint density at radius 3 is 2.27 bits per heavy atom. The van der Waals surface area contributed by atoms with E-state index in [9.17, 15) is 5.11 Å². The predicted molar refractivity (Wildman–Crippen MR) is 63.3 cm³/mol. The number of aryl methyl sites for hydroxylation is 3. The normalized spacial score (nSPS) is 25.9. The van der Waals surface area contributed by atoms with Crippen LogP contribution < -0.4 is 0 Å². The highest BCUT2D eigenvalue weighted by Gasteiger charge is 2.25. The summed E-state index contributed by atoms with van der Waals surface area (Å²) in [5.41, 5.74) is 5.58. The van der Waals surface area contributed by atoms with Gasteiger partial charge in [-0.15, -0.1) is 0 Å². The van der Waals surface area contributed by atoms with Gasteiger partial charge in [-0.1, -0.05) is 12.1 Å². The van der Waals surface area contributed by atoms with Crippen molar-refractivity contribution in [2.24, 2.45) is 0 Å². The molecular formula is C14H20O. The molecule has 1 fully saturated rings. The molecule has 2 unspecified atom stereocenters. The van der Waals surface area contributed by atoms with Crippen molar-refractivity contribution in [3.8, 4) is 0 Å². The number of hydrogen-bond donors (Lipinski definition) is 1. The van der Waals surface area contributed by atoms with Gasteiger partial charge in [-0.05, 0) is 68.2 Å². The molecule has 0 bridgehead atoms. The minimum absolute atomic E-state index is 0.0731. The highest BCUT2D eigenvalue weighted by Crippen LogP contribution is 2.36. The number of aliphatic hydroxyl groups excluding tert-OH is 1. The predicted octanol–water partition coefficient (Wildman–Crippen LogP) is 3.24. The molecular weight excluding hydrogens is 184 g/mol. The van der Waals surface area contributed by atoms with E-state index in [0.29, 0.717) is 5.92 Å². The molecule has 1 nitrogen and oxygen atoms in total. The lowest BCUT2D eigenvalue weighted by Gasteiger charge is -2.15. The van der Waals surface area contributed by atoms with Crippen LogP contribution in [0.4, 0.5) is 0 Å². The van der Waals surface area contributed by atoms with E-state index in [1.165, 1.54) is 22.3 Å². The fraction of sp³-hybridized carbons (Fsp3) is 0.571. The Labute approximate surface area is 92.1 Å². The summed E-state index contributed by atoms with van der Waals surface area (Å²) in [6.45, 7) is 6.52. The Morgan fingerprint density at radius 1 is 1.00 bits per heavy atom. The van der Waals surface area contributed by atoms with Gasteiger partial charge in [-0.25, -0.2) is 0 Å². The topological polar surface area (TPSA) is 20.2 Å². The molecule has 0 heterocycles. The van der Waals surface area contributed by atoms with Crippen molar-refractivity contribution >= 4 is 0 Å². The van der Waals surface area contributed by atoms with E-state index in [0.717, 1.165) is 19.3 Å². The van der Waals surface area contributed by atoms with Crippen molar-refractivity contribution < 1.29 is 5.11 Å². The smallest absolute Gasteiger partial charge is 0.0546 e. The second kappa shape index (κ2) is 3.97. The molecule has 2 atom stereocenters. The first-order valence-corrected chi connectivity index (χ1v) is 5.83. The standard InChI is InChI=1S/C14H20O/c1-9-6-11(3)14(7-10(9)2)12-4-5-13(15)8-12/h6-7,12-13,15H,4-5,8H2,1-3H3. The van der Waals surface area contributed by atoms with Crippen molar-refractivity contribution in [3.63, 3.8) is 0 Å². The van der Waals surface area contributed by atoms with Crippen LogP contribution in [0.25, 0.3) is 0 Å².